The van der Waals surface area contributed by atoms with E-state index in [9.17, 15) is 19.2 Å². The summed E-state index contributed by atoms with van der Waals surface area (Å²) < 4.78 is 0. The third-order valence-electron chi connectivity index (χ3n) is 5.21. The van der Waals surface area contributed by atoms with Gasteiger partial charge in [-0.1, -0.05) is 6.07 Å². The molecule has 0 fully saturated rings. The quantitative estimate of drug-likeness (QED) is 0.0982. The number of hydrogen-bond acceptors (Lipinski definition) is 6. The third kappa shape index (κ3) is 13.3. The first-order valence-corrected chi connectivity index (χ1v) is 12.2. The van der Waals surface area contributed by atoms with E-state index < -0.39 is 18.0 Å². The number of aromatic nitrogens is 1. The molecular formula is C24H40N8O4. The SMILES string of the molecule is CCNC(=O)[C@H](CCCN=C(N)N)NC(=O)[C@H](CCCCNC(C)=O)NC(=O)Cc1ccc(C)nc1. The van der Waals surface area contributed by atoms with Gasteiger partial charge in [-0.3, -0.25) is 29.2 Å². The van der Waals surface area contributed by atoms with Crippen molar-refractivity contribution in [2.45, 2.75) is 71.4 Å². The summed E-state index contributed by atoms with van der Waals surface area (Å²) in [5.41, 5.74) is 12.2. The highest BCUT2D eigenvalue weighted by molar-refractivity contribution is 5.92. The van der Waals surface area contributed by atoms with Crippen LogP contribution in [0.1, 0.15) is 57.2 Å². The Hall–Kier alpha value is -3.70. The molecule has 0 saturated heterocycles. The highest BCUT2D eigenvalue weighted by Crippen LogP contribution is 2.06. The van der Waals surface area contributed by atoms with Crippen LogP contribution in [0.5, 0.6) is 0 Å². The van der Waals surface area contributed by atoms with Crippen molar-refractivity contribution in [3.63, 3.8) is 0 Å². The number of aryl methyl sites for hydroxylation is 1. The number of likely N-dealkylation sites (N-methyl/N-ethyl adjacent to an activating group) is 1. The Balaban J connectivity index is 2.85. The molecule has 36 heavy (non-hydrogen) atoms. The Kier molecular flexibility index (Phi) is 14.2. The number of aliphatic imine (C=N–C) groups is 1. The monoisotopic (exact) mass is 504 g/mol. The van der Waals surface area contributed by atoms with Crippen molar-refractivity contribution >= 4 is 29.6 Å². The molecule has 0 spiro atoms. The van der Waals surface area contributed by atoms with Crippen LogP contribution in [-0.4, -0.2) is 66.3 Å². The van der Waals surface area contributed by atoms with Crippen LogP contribution >= 0.6 is 0 Å². The first-order chi connectivity index (χ1) is 17.1. The normalized spacial score (nSPS) is 12.1. The van der Waals surface area contributed by atoms with Gasteiger partial charge in [-0.15, -0.1) is 0 Å². The Morgan fingerprint density at radius 1 is 0.972 bits per heavy atom. The van der Waals surface area contributed by atoms with Gasteiger partial charge in [0.05, 0.1) is 6.42 Å². The molecule has 1 rings (SSSR count). The molecule has 0 aliphatic heterocycles. The number of carbonyl (C=O) groups is 4. The summed E-state index contributed by atoms with van der Waals surface area (Å²) >= 11 is 0. The Morgan fingerprint density at radius 3 is 2.28 bits per heavy atom. The fourth-order valence-corrected chi connectivity index (χ4v) is 3.38. The van der Waals surface area contributed by atoms with Gasteiger partial charge in [0.1, 0.15) is 12.1 Å². The number of nitrogens with zero attached hydrogens (tertiary/aromatic N) is 2. The summed E-state index contributed by atoms with van der Waals surface area (Å²) in [5, 5.41) is 11.0. The van der Waals surface area contributed by atoms with Crippen molar-refractivity contribution in [1.82, 2.24) is 26.3 Å². The number of hydrogen-bond donors (Lipinski definition) is 6. The molecule has 1 aromatic heterocycles. The van der Waals surface area contributed by atoms with Crippen molar-refractivity contribution in [3.05, 3.63) is 29.6 Å². The number of carbonyl (C=O) groups excluding carboxylic acids is 4. The highest BCUT2D eigenvalue weighted by atomic mass is 16.2. The lowest BCUT2D eigenvalue weighted by atomic mass is 10.1. The Bertz CT molecular complexity index is 885. The molecule has 2 atom stereocenters. The minimum Gasteiger partial charge on any atom is -0.370 e. The maximum absolute atomic E-state index is 13.2. The molecule has 1 heterocycles. The number of amides is 4. The van der Waals surface area contributed by atoms with Crippen molar-refractivity contribution < 1.29 is 19.2 Å². The molecule has 4 amide bonds. The topological polar surface area (TPSA) is 194 Å². The molecule has 1 aromatic rings. The molecule has 12 nitrogen and oxygen atoms in total. The molecule has 0 aliphatic rings. The number of unbranched alkanes of at least 4 members (excludes halogenated alkanes) is 1. The van der Waals surface area contributed by atoms with E-state index in [-0.39, 0.29) is 30.1 Å². The number of pyridine rings is 1. The molecule has 0 unspecified atom stereocenters. The van der Waals surface area contributed by atoms with Crippen molar-refractivity contribution in [3.8, 4) is 0 Å². The summed E-state index contributed by atoms with van der Waals surface area (Å²) in [6.45, 7) is 6.28. The van der Waals surface area contributed by atoms with E-state index in [4.69, 9.17) is 11.5 Å². The van der Waals surface area contributed by atoms with Gasteiger partial charge in [0, 0.05) is 38.4 Å². The fourth-order valence-electron chi connectivity index (χ4n) is 3.38. The van der Waals surface area contributed by atoms with Crippen LogP contribution in [0.4, 0.5) is 0 Å². The number of guanidine groups is 1. The molecule has 0 radical (unpaired) electrons. The fraction of sp³-hybridized carbons (Fsp3) is 0.583. The Morgan fingerprint density at radius 2 is 1.67 bits per heavy atom. The number of nitrogens with one attached hydrogen (secondary N) is 4. The molecule has 0 aromatic carbocycles. The maximum atomic E-state index is 13.2. The summed E-state index contributed by atoms with van der Waals surface area (Å²) in [5.74, 6) is -1.28. The summed E-state index contributed by atoms with van der Waals surface area (Å²) in [4.78, 5) is 57.6. The second-order valence-corrected chi connectivity index (χ2v) is 8.49. The van der Waals surface area contributed by atoms with E-state index in [2.05, 4.69) is 31.2 Å². The zero-order valence-corrected chi connectivity index (χ0v) is 21.4. The molecule has 0 saturated carbocycles. The van der Waals surface area contributed by atoms with Gasteiger partial charge in [-0.25, -0.2) is 0 Å². The molecule has 12 heteroatoms. The van der Waals surface area contributed by atoms with Crippen molar-refractivity contribution in [2.75, 3.05) is 19.6 Å². The van der Waals surface area contributed by atoms with Gasteiger partial charge in [-0.2, -0.15) is 0 Å². The predicted octanol–water partition coefficient (Wildman–Crippen LogP) is -0.602. The molecule has 200 valence electrons. The van der Waals surface area contributed by atoms with Gasteiger partial charge < -0.3 is 32.7 Å². The van der Waals surface area contributed by atoms with Crippen LogP contribution in [0.15, 0.2) is 23.3 Å². The summed E-state index contributed by atoms with van der Waals surface area (Å²) in [6, 6.07) is 1.98. The molecule has 0 aliphatic carbocycles. The lowest BCUT2D eigenvalue weighted by Crippen LogP contribution is -2.54. The minimum absolute atomic E-state index is 0.0422. The smallest absolute Gasteiger partial charge is 0.243 e. The van der Waals surface area contributed by atoms with Crippen LogP contribution in [0, 0.1) is 6.92 Å². The van der Waals surface area contributed by atoms with Crippen LogP contribution in [0.2, 0.25) is 0 Å². The van der Waals surface area contributed by atoms with Gasteiger partial charge in [0.25, 0.3) is 0 Å². The van der Waals surface area contributed by atoms with Crippen LogP contribution in [0.25, 0.3) is 0 Å². The first kappa shape index (κ1) is 30.3. The molecule has 0 bridgehead atoms. The van der Waals surface area contributed by atoms with Gasteiger partial charge in [0.15, 0.2) is 5.96 Å². The lowest BCUT2D eigenvalue weighted by molar-refractivity contribution is -0.132. The maximum Gasteiger partial charge on any atom is 0.243 e. The second kappa shape index (κ2) is 16.8. The standard InChI is InChI=1S/C24H40N8O4/c1-4-27-22(35)19(9-7-13-29-24(25)26)32-23(36)20(8-5-6-12-28-17(3)33)31-21(34)14-18-11-10-16(2)30-15-18/h10-11,15,19-20H,4-9,12-14H2,1-3H3,(H,27,35)(H,28,33)(H,31,34)(H,32,36)(H4,25,26,29)/t19-,20-/m0/s1. The second-order valence-electron chi connectivity index (χ2n) is 8.49. The third-order valence-corrected chi connectivity index (χ3v) is 5.21. The first-order valence-electron chi connectivity index (χ1n) is 12.2. The lowest BCUT2D eigenvalue weighted by Gasteiger charge is -2.23. The zero-order valence-electron chi connectivity index (χ0n) is 21.4. The predicted molar refractivity (Wildman–Crippen MR) is 138 cm³/mol. The molecule has 8 N–H and O–H groups in total. The summed E-state index contributed by atoms with van der Waals surface area (Å²) in [6.07, 6.45) is 4.07. The van der Waals surface area contributed by atoms with Crippen molar-refractivity contribution in [2.24, 2.45) is 16.5 Å². The van der Waals surface area contributed by atoms with E-state index in [1.807, 2.05) is 19.1 Å². The van der Waals surface area contributed by atoms with Crippen LogP contribution in [0.3, 0.4) is 0 Å². The van der Waals surface area contributed by atoms with E-state index >= 15 is 0 Å². The van der Waals surface area contributed by atoms with E-state index in [1.165, 1.54) is 6.92 Å². The van der Waals surface area contributed by atoms with Crippen LogP contribution in [-0.2, 0) is 25.6 Å². The van der Waals surface area contributed by atoms with E-state index in [1.54, 1.807) is 13.1 Å². The average molecular weight is 505 g/mol. The van der Waals surface area contributed by atoms with E-state index in [0.29, 0.717) is 51.7 Å². The highest BCUT2D eigenvalue weighted by Gasteiger charge is 2.26. The summed E-state index contributed by atoms with van der Waals surface area (Å²) in [7, 11) is 0. The Labute approximate surface area is 212 Å². The van der Waals surface area contributed by atoms with Gasteiger partial charge in [0.2, 0.25) is 23.6 Å². The van der Waals surface area contributed by atoms with Crippen LogP contribution < -0.4 is 32.7 Å². The average Bonchev–Trinajstić information content (AvgIpc) is 2.81. The minimum atomic E-state index is -0.845. The van der Waals surface area contributed by atoms with Gasteiger partial charge >= 0.3 is 0 Å². The largest absolute Gasteiger partial charge is 0.370 e. The number of rotatable bonds is 16. The van der Waals surface area contributed by atoms with Crippen molar-refractivity contribution in [1.29, 1.82) is 0 Å². The molecular weight excluding hydrogens is 464 g/mol. The number of nitrogens with two attached hydrogens (primary N) is 2. The zero-order chi connectivity index (χ0) is 26.9. The van der Waals surface area contributed by atoms with E-state index in [0.717, 1.165) is 11.3 Å². The van der Waals surface area contributed by atoms with Gasteiger partial charge in [-0.05, 0) is 57.6 Å².